The third kappa shape index (κ3) is 2.63. The van der Waals surface area contributed by atoms with Gasteiger partial charge in [0.05, 0.1) is 11.4 Å². The minimum Gasteiger partial charge on any atom is -0.397 e. The van der Waals surface area contributed by atoms with Crippen LogP contribution in [0, 0.1) is 11.2 Å². The molecule has 3 N–H and O–H groups in total. The Morgan fingerprint density at radius 2 is 2.00 bits per heavy atom. The second-order valence-electron chi connectivity index (χ2n) is 5.31. The van der Waals surface area contributed by atoms with E-state index < -0.39 is 5.82 Å². The molecule has 2 rings (SSSR count). The first-order chi connectivity index (χ1) is 8.51. The lowest BCUT2D eigenvalue weighted by atomic mass is 9.75. The summed E-state index contributed by atoms with van der Waals surface area (Å²) in [6.45, 7) is 1.99. The van der Waals surface area contributed by atoms with Gasteiger partial charge >= 0.3 is 0 Å². The number of amides is 1. The normalized spacial score (nSPS) is 18.3. The molecule has 0 aliphatic heterocycles. The number of nitrogens with two attached hydrogens (primary N) is 1. The Hall–Kier alpha value is -1.58. The number of carbonyl (C=O) groups is 1. The van der Waals surface area contributed by atoms with Crippen LogP contribution in [0.2, 0.25) is 0 Å². The van der Waals surface area contributed by atoms with Gasteiger partial charge in [-0.1, -0.05) is 26.2 Å². The molecule has 1 aromatic rings. The Morgan fingerprint density at radius 3 is 2.61 bits per heavy atom. The van der Waals surface area contributed by atoms with E-state index in [1.807, 2.05) is 6.92 Å². The summed E-state index contributed by atoms with van der Waals surface area (Å²) < 4.78 is 12.9. The second kappa shape index (κ2) is 4.96. The molecule has 0 radical (unpaired) electrons. The first-order valence-corrected chi connectivity index (χ1v) is 6.38. The molecular weight excluding hydrogens is 231 g/mol. The summed E-state index contributed by atoms with van der Waals surface area (Å²) in [6, 6.07) is 4.03. The van der Waals surface area contributed by atoms with Gasteiger partial charge in [0.15, 0.2) is 0 Å². The molecule has 3 nitrogen and oxygen atoms in total. The molecule has 0 unspecified atom stereocenters. The average molecular weight is 250 g/mol. The lowest BCUT2D eigenvalue weighted by Gasteiger charge is -2.32. The molecule has 1 aliphatic rings. The van der Waals surface area contributed by atoms with Gasteiger partial charge in [-0.3, -0.25) is 4.79 Å². The number of carbonyl (C=O) groups excluding carboxylic acids is 1. The predicted molar refractivity (Wildman–Crippen MR) is 70.6 cm³/mol. The van der Waals surface area contributed by atoms with Gasteiger partial charge in [0.25, 0.3) is 0 Å². The monoisotopic (exact) mass is 250 g/mol. The van der Waals surface area contributed by atoms with Gasteiger partial charge < -0.3 is 11.1 Å². The van der Waals surface area contributed by atoms with Crippen LogP contribution in [-0.2, 0) is 4.79 Å². The van der Waals surface area contributed by atoms with Crippen LogP contribution in [-0.4, -0.2) is 5.91 Å². The SMILES string of the molecule is CC1(C(=O)Nc2ccc(F)cc2N)CCCCC1. The fourth-order valence-corrected chi connectivity index (χ4v) is 2.48. The van der Waals surface area contributed by atoms with E-state index in [1.165, 1.54) is 24.6 Å². The van der Waals surface area contributed by atoms with Crippen molar-refractivity contribution in [1.82, 2.24) is 0 Å². The smallest absolute Gasteiger partial charge is 0.230 e. The van der Waals surface area contributed by atoms with Crippen LogP contribution in [0.5, 0.6) is 0 Å². The van der Waals surface area contributed by atoms with Crippen molar-refractivity contribution in [2.45, 2.75) is 39.0 Å². The van der Waals surface area contributed by atoms with Crippen molar-refractivity contribution in [3.63, 3.8) is 0 Å². The molecule has 1 aromatic carbocycles. The third-order valence-corrected chi connectivity index (χ3v) is 3.77. The first-order valence-electron chi connectivity index (χ1n) is 6.38. The average Bonchev–Trinajstić information content (AvgIpc) is 2.33. The van der Waals surface area contributed by atoms with Crippen molar-refractivity contribution >= 4 is 17.3 Å². The number of benzene rings is 1. The Bertz CT molecular complexity index is 453. The maximum atomic E-state index is 12.9. The molecule has 1 saturated carbocycles. The molecule has 0 saturated heterocycles. The van der Waals surface area contributed by atoms with Crippen molar-refractivity contribution in [2.75, 3.05) is 11.1 Å². The van der Waals surface area contributed by atoms with E-state index in [1.54, 1.807) is 0 Å². The molecule has 4 heteroatoms. The quantitative estimate of drug-likeness (QED) is 0.791. The molecule has 0 atom stereocenters. The number of hydrogen-bond donors (Lipinski definition) is 2. The molecule has 0 bridgehead atoms. The van der Waals surface area contributed by atoms with E-state index in [0.29, 0.717) is 5.69 Å². The Morgan fingerprint density at radius 1 is 1.33 bits per heavy atom. The van der Waals surface area contributed by atoms with Gasteiger partial charge in [-0.15, -0.1) is 0 Å². The molecule has 0 aromatic heterocycles. The van der Waals surface area contributed by atoms with Crippen LogP contribution in [0.15, 0.2) is 18.2 Å². The first kappa shape index (κ1) is 12.9. The fraction of sp³-hybridized carbons (Fsp3) is 0.500. The maximum absolute atomic E-state index is 12.9. The molecule has 0 heterocycles. The molecule has 1 amide bonds. The van der Waals surface area contributed by atoms with E-state index in [0.717, 1.165) is 25.7 Å². The fourth-order valence-electron chi connectivity index (χ4n) is 2.48. The van der Waals surface area contributed by atoms with Crippen molar-refractivity contribution in [1.29, 1.82) is 0 Å². The Labute approximate surface area is 107 Å². The van der Waals surface area contributed by atoms with Crippen molar-refractivity contribution in [2.24, 2.45) is 5.41 Å². The van der Waals surface area contributed by atoms with E-state index in [9.17, 15) is 9.18 Å². The van der Waals surface area contributed by atoms with Crippen molar-refractivity contribution < 1.29 is 9.18 Å². The van der Waals surface area contributed by atoms with Crippen LogP contribution in [0.25, 0.3) is 0 Å². The van der Waals surface area contributed by atoms with Gasteiger partial charge in [0, 0.05) is 5.41 Å². The van der Waals surface area contributed by atoms with E-state index in [4.69, 9.17) is 5.73 Å². The highest BCUT2D eigenvalue weighted by atomic mass is 19.1. The zero-order valence-corrected chi connectivity index (χ0v) is 10.6. The summed E-state index contributed by atoms with van der Waals surface area (Å²) in [7, 11) is 0. The minimum atomic E-state index is -0.394. The predicted octanol–water partition coefficient (Wildman–Crippen LogP) is 3.32. The number of nitrogen functional groups attached to an aromatic ring is 1. The van der Waals surface area contributed by atoms with Crippen molar-refractivity contribution in [3.05, 3.63) is 24.0 Å². The van der Waals surface area contributed by atoms with E-state index in [2.05, 4.69) is 5.32 Å². The largest absolute Gasteiger partial charge is 0.397 e. The third-order valence-electron chi connectivity index (χ3n) is 3.77. The van der Waals surface area contributed by atoms with Gasteiger partial charge in [-0.25, -0.2) is 4.39 Å². The van der Waals surface area contributed by atoms with Gasteiger partial charge in [-0.05, 0) is 31.0 Å². The van der Waals surface area contributed by atoms with Crippen molar-refractivity contribution in [3.8, 4) is 0 Å². The van der Waals surface area contributed by atoms with Crippen LogP contribution in [0.3, 0.4) is 0 Å². The number of anilines is 2. The van der Waals surface area contributed by atoms with Crippen LogP contribution in [0.1, 0.15) is 39.0 Å². The highest BCUT2D eigenvalue weighted by molar-refractivity contribution is 5.97. The van der Waals surface area contributed by atoms with Gasteiger partial charge in [0.1, 0.15) is 5.82 Å². The summed E-state index contributed by atoms with van der Waals surface area (Å²) >= 11 is 0. The Balaban J connectivity index is 2.11. The zero-order valence-electron chi connectivity index (χ0n) is 10.6. The summed E-state index contributed by atoms with van der Waals surface area (Å²) in [5, 5.41) is 2.82. The Kier molecular flexibility index (Phi) is 3.55. The van der Waals surface area contributed by atoms with Crippen LogP contribution in [0.4, 0.5) is 15.8 Å². The molecule has 0 spiro atoms. The summed E-state index contributed by atoms with van der Waals surface area (Å²) in [5.41, 5.74) is 6.13. The number of hydrogen-bond acceptors (Lipinski definition) is 2. The molecular formula is C14H19FN2O. The number of rotatable bonds is 2. The highest BCUT2D eigenvalue weighted by Crippen LogP contribution is 2.37. The molecule has 1 fully saturated rings. The summed E-state index contributed by atoms with van der Waals surface area (Å²) in [5.74, 6) is -0.408. The lowest BCUT2D eigenvalue weighted by molar-refractivity contribution is -0.126. The number of nitrogens with one attached hydrogen (secondary N) is 1. The highest BCUT2D eigenvalue weighted by Gasteiger charge is 2.34. The summed E-state index contributed by atoms with van der Waals surface area (Å²) in [4.78, 5) is 12.3. The molecule has 98 valence electrons. The van der Waals surface area contributed by atoms with E-state index in [-0.39, 0.29) is 17.0 Å². The molecule has 1 aliphatic carbocycles. The van der Waals surface area contributed by atoms with Crippen LogP contribution >= 0.6 is 0 Å². The van der Waals surface area contributed by atoms with Gasteiger partial charge in [-0.2, -0.15) is 0 Å². The number of halogens is 1. The minimum absolute atomic E-state index is 0.0134. The maximum Gasteiger partial charge on any atom is 0.230 e. The van der Waals surface area contributed by atoms with E-state index >= 15 is 0 Å². The standard InChI is InChI=1S/C14H19FN2O/c1-14(7-3-2-4-8-14)13(18)17-12-6-5-10(15)9-11(12)16/h5-6,9H,2-4,7-8,16H2,1H3,(H,17,18). The summed E-state index contributed by atoms with van der Waals surface area (Å²) in [6.07, 6.45) is 5.17. The topological polar surface area (TPSA) is 55.1 Å². The lowest BCUT2D eigenvalue weighted by Crippen LogP contribution is -2.35. The molecule has 18 heavy (non-hydrogen) atoms. The van der Waals surface area contributed by atoms with Crippen LogP contribution < -0.4 is 11.1 Å². The van der Waals surface area contributed by atoms with Gasteiger partial charge in [0.2, 0.25) is 5.91 Å². The second-order valence-corrected chi connectivity index (χ2v) is 5.31. The zero-order chi connectivity index (χ0) is 13.2.